The van der Waals surface area contributed by atoms with E-state index in [0.717, 1.165) is 11.4 Å². The van der Waals surface area contributed by atoms with E-state index in [1.54, 1.807) is 0 Å². The quantitative estimate of drug-likeness (QED) is 0.377. The normalized spacial score (nSPS) is 15.7. The molecule has 6 heteroatoms. The largest absolute Gasteiger partial charge is 0.491 e. The standard InChI is InChI=1S/C20H32N4O2/c1-15(2)26-18-10-8-17(9-11-18)24-20(21)23-13-12-22-19(25)14-16-6-4-3-5-7-16/h8-11,15-16H,3-7,12-14H2,1-2H3,(H,22,25)(H3,21,23,24). The van der Waals surface area contributed by atoms with Crippen molar-refractivity contribution in [3.8, 4) is 5.75 Å². The molecule has 0 atom stereocenters. The first-order valence-corrected chi connectivity index (χ1v) is 9.63. The summed E-state index contributed by atoms with van der Waals surface area (Å²) in [6.07, 6.45) is 6.99. The van der Waals surface area contributed by atoms with Crippen LogP contribution in [0.5, 0.6) is 5.75 Å². The Kier molecular flexibility index (Phi) is 8.25. The number of anilines is 1. The van der Waals surface area contributed by atoms with E-state index in [2.05, 4.69) is 15.6 Å². The lowest BCUT2D eigenvalue weighted by atomic mass is 9.87. The molecule has 0 heterocycles. The van der Waals surface area contributed by atoms with Crippen LogP contribution >= 0.6 is 0 Å². The van der Waals surface area contributed by atoms with Gasteiger partial charge in [-0.2, -0.15) is 0 Å². The summed E-state index contributed by atoms with van der Waals surface area (Å²) in [6.45, 7) is 4.95. The van der Waals surface area contributed by atoms with Gasteiger partial charge in [-0.1, -0.05) is 19.3 Å². The van der Waals surface area contributed by atoms with Crippen molar-refractivity contribution in [3.05, 3.63) is 24.3 Å². The molecule has 4 N–H and O–H groups in total. The summed E-state index contributed by atoms with van der Waals surface area (Å²) >= 11 is 0. The van der Waals surface area contributed by atoms with Crippen LogP contribution < -0.4 is 21.1 Å². The van der Waals surface area contributed by atoms with Gasteiger partial charge < -0.3 is 21.1 Å². The van der Waals surface area contributed by atoms with Gasteiger partial charge in [-0.25, -0.2) is 0 Å². The van der Waals surface area contributed by atoms with E-state index in [0.29, 0.717) is 31.4 Å². The highest BCUT2D eigenvalue weighted by molar-refractivity contribution is 5.92. The molecule has 1 aliphatic rings. The number of nitrogens with one attached hydrogen (secondary N) is 2. The fourth-order valence-electron chi connectivity index (χ4n) is 3.17. The van der Waals surface area contributed by atoms with Gasteiger partial charge in [0.1, 0.15) is 5.75 Å². The molecule has 144 valence electrons. The number of aliphatic imine (C=N–C) groups is 1. The Bertz CT molecular complexity index is 578. The third kappa shape index (κ3) is 7.76. The van der Waals surface area contributed by atoms with Gasteiger partial charge in [-0.05, 0) is 56.9 Å². The van der Waals surface area contributed by atoms with E-state index in [-0.39, 0.29) is 12.0 Å². The van der Waals surface area contributed by atoms with Crippen molar-refractivity contribution in [3.63, 3.8) is 0 Å². The lowest BCUT2D eigenvalue weighted by Crippen LogP contribution is -2.30. The molecule has 0 unspecified atom stereocenters. The SMILES string of the molecule is CC(C)Oc1ccc(NC(N)=NCCNC(=O)CC2CCCCC2)cc1. The maximum Gasteiger partial charge on any atom is 0.220 e. The van der Waals surface area contributed by atoms with Gasteiger partial charge in [0.05, 0.1) is 12.6 Å². The van der Waals surface area contributed by atoms with Crippen LogP contribution in [0, 0.1) is 5.92 Å². The Morgan fingerprint density at radius 1 is 1.23 bits per heavy atom. The number of nitrogens with two attached hydrogens (primary N) is 1. The minimum atomic E-state index is 0.124. The molecule has 1 fully saturated rings. The van der Waals surface area contributed by atoms with Gasteiger partial charge in [-0.3, -0.25) is 9.79 Å². The fourth-order valence-corrected chi connectivity index (χ4v) is 3.17. The Balaban J connectivity index is 1.65. The monoisotopic (exact) mass is 360 g/mol. The summed E-state index contributed by atoms with van der Waals surface area (Å²) in [4.78, 5) is 16.2. The van der Waals surface area contributed by atoms with Crippen molar-refractivity contribution in [2.45, 2.75) is 58.5 Å². The number of benzene rings is 1. The number of guanidine groups is 1. The van der Waals surface area contributed by atoms with Crippen molar-refractivity contribution in [2.75, 3.05) is 18.4 Å². The molecular weight excluding hydrogens is 328 g/mol. The van der Waals surface area contributed by atoms with Gasteiger partial charge in [0.2, 0.25) is 5.91 Å². The zero-order valence-corrected chi connectivity index (χ0v) is 16.0. The fraction of sp³-hybridized carbons (Fsp3) is 0.600. The van der Waals surface area contributed by atoms with Crippen LogP contribution in [0.25, 0.3) is 0 Å². The highest BCUT2D eigenvalue weighted by Gasteiger charge is 2.16. The second-order valence-corrected chi connectivity index (χ2v) is 7.14. The molecule has 2 rings (SSSR count). The van der Waals surface area contributed by atoms with Crippen molar-refractivity contribution >= 4 is 17.6 Å². The number of rotatable bonds is 8. The van der Waals surface area contributed by atoms with Crippen LogP contribution in [0.15, 0.2) is 29.3 Å². The van der Waals surface area contributed by atoms with Crippen LogP contribution in [-0.2, 0) is 4.79 Å². The molecule has 0 spiro atoms. The molecule has 0 radical (unpaired) electrons. The van der Waals surface area contributed by atoms with Crippen LogP contribution in [0.1, 0.15) is 52.4 Å². The second kappa shape index (κ2) is 10.7. The lowest BCUT2D eigenvalue weighted by molar-refractivity contribution is -0.122. The Morgan fingerprint density at radius 2 is 1.92 bits per heavy atom. The summed E-state index contributed by atoms with van der Waals surface area (Å²) in [5.74, 6) is 1.84. The molecule has 1 saturated carbocycles. The highest BCUT2D eigenvalue weighted by atomic mass is 16.5. The number of ether oxygens (including phenoxy) is 1. The van der Waals surface area contributed by atoms with Gasteiger partial charge in [0.15, 0.2) is 5.96 Å². The van der Waals surface area contributed by atoms with Crippen molar-refractivity contribution in [2.24, 2.45) is 16.6 Å². The molecule has 1 aromatic rings. The zero-order valence-electron chi connectivity index (χ0n) is 16.0. The number of carbonyl (C=O) groups excluding carboxylic acids is 1. The van der Waals surface area contributed by atoms with Gasteiger partial charge in [0, 0.05) is 18.7 Å². The molecule has 6 nitrogen and oxygen atoms in total. The third-order valence-corrected chi connectivity index (χ3v) is 4.41. The summed E-state index contributed by atoms with van der Waals surface area (Å²) in [7, 11) is 0. The van der Waals surface area contributed by atoms with E-state index < -0.39 is 0 Å². The predicted octanol–water partition coefficient (Wildman–Crippen LogP) is 3.29. The molecule has 1 aromatic carbocycles. The second-order valence-electron chi connectivity index (χ2n) is 7.14. The van der Waals surface area contributed by atoms with E-state index >= 15 is 0 Å². The molecular formula is C20H32N4O2. The first-order valence-electron chi connectivity index (χ1n) is 9.63. The average molecular weight is 361 g/mol. The minimum Gasteiger partial charge on any atom is -0.491 e. The number of hydrogen-bond donors (Lipinski definition) is 3. The Labute approximate surface area is 156 Å². The smallest absolute Gasteiger partial charge is 0.220 e. The van der Waals surface area contributed by atoms with Crippen molar-refractivity contribution < 1.29 is 9.53 Å². The molecule has 1 aliphatic carbocycles. The van der Waals surface area contributed by atoms with Crippen LogP contribution in [0.2, 0.25) is 0 Å². The molecule has 0 bridgehead atoms. The summed E-state index contributed by atoms with van der Waals surface area (Å²) in [5.41, 5.74) is 6.74. The van der Waals surface area contributed by atoms with Gasteiger partial charge >= 0.3 is 0 Å². The zero-order chi connectivity index (χ0) is 18.8. The number of amides is 1. The highest BCUT2D eigenvalue weighted by Crippen LogP contribution is 2.25. The maximum atomic E-state index is 11.9. The maximum absolute atomic E-state index is 11.9. The van der Waals surface area contributed by atoms with E-state index in [9.17, 15) is 4.79 Å². The Morgan fingerprint density at radius 3 is 2.58 bits per heavy atom. The van der Waals surface area contributed by atoms with Gasteiger partial charge in [-0.15, -0.1) is 0 Å². The molecule has 0 saturated heterocycles. The minimum absolute atomic E-state index is 0.124. The van der Waals surface area contributed by atoms with E-state index in [1.807, 2.05) is 38.1 Å². The summed E-state index contributed by atoms with van der Waals surface area (Å²) < 4.78 is 5.60. The van der Waals surface area contributed by atoms with Crippen LogP contribution in [-0.4, -0.2) is 31.1 Å². The Hall–Kier alpha value is -2.24. The molecule has 1 amide bonds. The predicted molar refractivity (Wildman–Crippen MR) is 107 cm³/mol. The first-order chi connectivity index (χ1) is 12.5. The van der Waals surface area contributed by atoms with Gasteiger partial charge in [0.25, 0.3) is 0 Å². The number of carbonyl (C=O) groups is 1. The first kappa shape index (κ1) is 20.1. The number of nitrogens with zero attached hydrogens (tertiary/aromatic N) is 1. The molecule has 0 aromatic heterocycles. The van der Waals surface area contributed by atoms with Crippen molar-refractivity contribution in [1.29, 1.82) is 0 Å². The van der Waals surface area contributed by atoms with E-state index in [1.165, 1.54) is 32.1 Å². The lowest BCUT2D eigenvalue weighted by Gasteiger charge is -2.20. The third-order valence-electron chi connectivity index (χ3n) is 4.41. The summed E-state index contributed by atoms with van der Waals surface area (Å²) in [6, 6.07) is 7.57. The number of hydrogen-bond acceptors (Lipinski definition) is 3. The average Bonchev–Trinajstić information content (AvgIpc) is 2.61. The summed E-state index contributed by atoms with van der Waals surface area (Å²) in [5, 5.41) is 5.96. The van der Waals surface area contributed by atoms with E-state index in [4.69, 9.17) is 10.5 Å². The van der Waals surface area contributed by atoms with Crippen LogP contribution in [0.4, 0.5) is 5.69 Å². The van der Waals surface area contributed by atoms with Crippen molar-refractivity contribution in [1.82, 2.24) is 5.32 Å². The van der Waals surface area contributed by atoms with Crippen LogP contribution in [0.3, 0.4) is 0 Å². The molecule has 0 aliphatic heterocycles. The topological polar surface area (TPSA) is 88.7 Å². The molecule has 26 heavy (non-hydrogen) atoms.